The van der Waals surface area contributed by atoms with E-state index in [0.29, 0.717) is 26.9 Å². The van der Waals surface area contributed by atoms with Gasteiger partial charge in [-0.25, -0.2) is 8.42 Å². The normalized spacial score (nSPS) is 11.2. The number of hydrogen-bond acceptors (Lipinski definition) is 3. The van der Waals surface area contributed by atoms with Crippen molar-refractivity contribution in [2.45, 2.75) is 25.3 Å². The Labute approximate surface area is 186 Å². The van der Waals surface area contributed by atoms with Crippen molar-refractivity contribution in [1.82, 2.24) is 5.32 Å². The largest absolute Gasteiger partial charge is 0.348 e. The van der Waals surface area contributed by atoms with Crippen molar-refractivity contribution in [2.24, 2.45) is 0 Å². The number of nitrogens with one attached hydrogen (secondary N) is 2. The predicted molar refractivity (Wildman–Crippen MR) is 121 cm³/mol. The fourth-order valence-corrected chi connectivity index (χ4v) is 4.33. The van der Waals surface area contributed by atoms with E-state index >= 15 is 0 Å². The van der Waals surface area contributed by atoms with Gasteiger partial charge in [-0.2, -0.15) is 0 Å². The van der Waals surface area contributed by atoms with E-state index in [2.05, 4.69) is 10.0 Å². The molecule has 1 amide bonds. The van der Waals surface area contributed by atoms with Gasteiger partial charge in [0, 0.05) is 22.2 Å². The summed E-state index contributed by atoms with van der Waals surface area (Å²) in [5.74, 6) is -0.350. The van der Waals surface area contributed by atoms with Crippen molar-refractivity contribution < 1.29 is 13.2 Å². The average Bonchev–Trinajstić information content (AvgIpc) is 2.69. The maximum Gasteiger partial charge on any atom is 0.261 e. The molecule has 3 aromatic rings. The highest BCUT2D eigenvalue weighted by Gasteiger charge is 2.17. The minimum atomic E-state index is -3.77. The van der Waals surface area contributed by atoms with Crippen LogP contribution in [-0.4, -0.2) is 14.3 Å². The standard InChI is InChI=1S/C22H20Cl2N2O3S/c1-14-3-9-19(10-4-14)30(28,29)26-21-11-16(6-5-15(21)2)22(27)25-13-17-7-8-18(23)12-20(17)24/h3-12,26H,13H2,1-2H3,(H,25,27). The second-order valence-corrected chi connectivity index (χ2v) is 9.39. The number of aryl methyl sites for hydroxylation is 2. The second-order valence-electron chi connectivity index (χ2n) is 6.87. The Morgan fingerprint density at radius 2 is 1.63 bits per heavy atom. The lowest BCUT2D eigenvalue weighted by Gasteiger charge is -2.13. The maximum absolute atomic E-state index is 12.7. The molecular weight excluding hydrogens is 443 g/mol. The zero-order valence-corrected chi connectivity index (χ0v) is 18.7. The Morgan fingerprint density at radius 3 is 2.30 bits per heavy atom. The zero-order valence-electron chi connectivity index (χ0n) is 16.4. The lowest BCUT2D eigenvalue weighted by atomic mass is 10.1. The number of hydrogen-bond donors (Lipinski definition) is 2. The number of carbonyl (C=O) groups is 1. The molecule has 8 heteroatoms. The molecule has 5 nitrogen and oxygen atoms in total. The molecule has 0 saturated heterocycles. The molecule has 0 aliphatic heterocycles. The van der Waals surface area contributed by atoms with Gasteiger partial charge in [0.2, 0.25) is 0 Å². The van der Waals surface area contributed by atoms with E-state index in [1.54, 1.807) is 61.5 Å². The third-order valence-corrected chi connectivity index (χ3v) is 6.50. The van der Waals surface area contributed by atoms with E-state index < -0.39 is 10.0 Å². The van der Waals surface area contributed by atoms with Gasteiger partial charge in [-0.05, 0) is 61.4 Å². The quantitative estimate of drug-likeness (QED) is 0.518. The predicted octanol–water partition coefficient (Wildman–Crippen LogP) is 5.34. The van der Waals surface area contributed by atoms with Crippen LogP contribution in [0.2, 0.25) is 10.0 Å². The molecule has 3 aromatic carbocycles. The first-order valence-corrected chi connectivity index (χ1v) is 11.3. The number of anilines is 1. The van der Waals surface area contributed by atoms with Crippen LogP contribution >= 0.6 is 23.2 Å². The first-order valence-electron chi connectivity index (χ1n) is 9.08. The molecule has 0 heterocycles. The third-order valence-electron chi connectivity index (χ3n) is 4.53. The van der Waals surface area contributed by atoms with Crippen molar-refractivity contribution in [3.05, 3.63) is 93.0 Å². The Kier molecular flexibility index (Phi) is 6.71. The fraction of sp³-hybridized carbons (Fsp3) is 0.136. The van der Waals surface area contributed by atoms with E-state index in [0.717, 1.165) is 11.1 Å². The minimum absolute atomic E-state index is 0.153. The van der Waals surface area contributed by atoms with E-state index in [1.165, 1.54) is 6.07 Å². The van der Waals surface area contributed by atoms with Crippen LogP contribution in [0.5, 0.6) is 0 Å². The van der Waals surface area contributed by atoms with E-state index in [1.807, 2.05) is 6.92 Å². The third kappa shape index (κ3) is 5.33. The maximum atomic E-state index is 12.7. The molecule has 156 valence electrons. The van der Waals surface area contributed by atoms with Gasteiger partial charge in [-0.1, -0.05) is 53.0 Å². The Morgan fingerprint density at radius 1 is 0.933 bits per heavy atom. The number of sulfonamides is 1. The van der Waals surface area contributed by atoms with Crippen LogP contribution in [0, 0.1) is 13.8 Å². The summed E-state index contributed by atoms with van der Waals surface area (Å²) >= 11 is 12.0. The smallest absolute Gasteiger partial charge is 0.261 e. The highest BCUT2D eigenvalue weighted by molar-refractivity contribution is 7.92. The first-order chi connectivity index (χ1) is 14.2. The lowest BCUT2D eigenvalue weighted by molar-refractivity contribution is 0.0951. The average molecular weight is 463 g/mol. The lowest BCUT2D eigenvalue weighted by Crippen LogP contribution is -2.23. The summed E-state index contributed by atoms with van der Waals surface area (Å²) in [4.78, 5) is 12.7. The summed E-state index contributed by atoms with van der Waals surface area (Å²) in [6, 6.07) is 16.4. The molecule has 0 spiro atoms. The van der Waals surface area contributed by atoms with Gasteiger partial charge < -0.3 is 5.32 Å². The van der Waals surface area contributed by atoms with Crippen LogP contribution in [0.1, 0.15) is 27.0 Å². The van der Waals surface area contributed by atoms with Crippen LogP contribution in [0.4, 0.5) is 5.69 Å². The monoisotopic (exact) mass is 462 g/mol. The van der Waals surface area contributed by atoms with Crippen LogP contribution < -0.4 is 10.0 Å². The molecule has 0 atom stereocenters. The number of rotatable bonds is 6. The van der Waals surface area contributed by atoms with Gasteiger partial charge in [0.1, 0.15) is 0 Å². The minimum Gasteiger partial charge on any atom is -0.348 e. The van der Waals surface area contributed by atoms with Gasteiger partial charge >= 0.3 is 0 Å². The number of amides is 1. The van der Waals surface area contributed by atoms with Crippen LogP contribution in [-0.2, 0) is 16.6 Å². The Balaban J connectivity index is 1.77. The summed E-state index contributed by atoms with van der Waals surface area (Å²) in [6.45, 7) is 3.86. The number of halogens is 2. The fourth-order valence-electron chi connectivity index (χ4n) is 2.74. The van der Waals surface area contributed by atoms with Crippen LogP contribution in [0.15, 0.2) is 65.6 Å². The van der Waals surface area contributed by atoms with Gasteiger partial charge in [-0.3, -0.25) is 9.52 Å². The molecule has 0 aliphatic rings. The molecule has 0 aromatic heterocycles. The second kappa shape index (κ2) is 9.08. The van der Waals surface area contributed by atoms with E-state index in [9.17, 15) is 13.2 Å². The van der Waals surface area contributed by atoms with Crippen LogP contribution in [0.3, 0.4) is 0 Å². The SMILES string of the molecule is Cc1ccc(S(=O)(=O)Nc2cc(C(=O)NCc3ccc(Cl)cc3Cl)ccc2C)cc1. The molecule has 0 saturated carbocycles. The molecule has 0 bridgehead atoms. The van der Waals surface area contributed by atoms with E-state index in [4.69, 9.17) is 23.2 Å². The number of benzene rings is 3. The van der Waals surface area contributed by atoms with Crippen molar-refractivity contribution >= 4 is 44.8 Å². The molecule has 2 N–H and O–H groups in total. The number of carbonyl (C=O) groups excluding carboxylic acids is 1. The molecule has 30 heavy (non-hydrogen) atoms. The molecular formula is C22H20Cl2N2O3S. The highest BCUT2D eigenvalue weighted by Crippen LogP contribution is 2.23. The highest BCUT2D eigenvalue weighted by atomic mass is 35.5. The molecule has 0 fully saturated rings. The van der Waals surface area contributed by atoms with Gasteiger partial charge in [0.15, 0.2) is 0 Å². The molecule has 0 radical (unpaired) electrons. The first kappa shape index (κ1) is 22.2. The van der Waals surface area contributed by atoms with Crippen molar-refractivity contribution in [1.29, 1.82) is 0 Å². The molecule has 0 aliphatic carbocycles. The zero-order chi connectivity index (χ0) is 21.9. The summed E-state index contributed by atoms with van der Waals surface area (Å²) in [5.41, 5.74) is 3.05. The van der Waals surface area contributed by atoms with Gasteiger partial charge in [-0.15, -0.1) is 0 Å². The topological polar surface area (TPSA) is 75.3 Å². The van der Waals surface area contributed by atoms with Gasteiger partial charge in [0.25, 0.3) is 15.9 Å². The summed E-state index contributed by atoms with van der Waals surface area (Å²) in [5, 5.41) is 3.75. The van der Waals surface area contributed by atoms with Crippen molar-refractivity contribution in [3.63, 3.8) is 0 Å². The summed E-state index contributed by atoms with van der Waals surface area (Å²) < 4.78 is 27.9. The van der Waals surface area contributed by atoms with E-state index in [-0.39, 0.29) is 17.3 Å². The van der Waals surface area contributed by atoms with Crippen molar-refractivity contribution in [3.8, 4) is 0 Å². The van der Waals surface area contributed by atoms with Crippen molar-refractivity contribution in [2.75, 3.05) is 4.72 Å². The molecule has 3 rings (SSSR count). The Bertz CT molecular complexity index is 1190. The summed E-state index contributed by atoms with van der Waals surface area (Å²) in [7, 11) is -3.77. The van der Waals surface area contributed by atoms with Gasteiger partial charge in [0.05, 0.1) is 10.6 Å². The summed E-state index contributed by atoms with van der Waals surface area (Å²) in [6.07, 6.45) is 0. The Hall–Kier alpha value is -2.54. The van der Waals surface area contributed by atoms with Crippen LogP contribution in [0.25, 0.3) is 0 Å². The molecule has 0 unspecified atom stereocenters.